The molecule has 0 aromatic carbocycles. The van der Waals surface area contributed by atoms with Gasteiger partial charge in [-0.15, -0.1) is 0 Å². The summed E-state index contributed by atoms with van der Waals surface area (Å²) in [5.74, 6) is 0.263. The van der Waals surface area contributed by atoms with Crippen LogP contribution in [-0.4, -0.2) is 59.4 Å². The van der Waals surface area contributed by atoms with E-state index in [4.69, 9.17) is 9.84 Å². The van der Waals surface area contributed by atoms with Gasteiger partial charge in [0, 0.05) is 0 Å². The third kappa shape index (κ3) is 1.67. The number of ether oxygens (including phenoxy) is 1. The van der Waals surface area contributed by atoms with Crippen LogP contribution in [-0.2, 0) is 9.53 Å². The van der Waals surface area contributed by atoms with Crippen LogP contribution < -0.4 is 0 Å². The number of hydrogen-bond donors (Lipinski definition) is 1. The van der Waals surface area contributed by atoms with Gasteiger partial charge in [-0.3, -0.25) is 14.7 Å². The van der Waals surface area contributed by atoms with Crippen molar-refractivity contribution >= 4 is 24.4 Å². The molecule has 0 aromatic heterocycles. The highest BCUT2D eigenvalue weighted by atomic mass is 16.5. The normalized spacial score (nSPS) is 35.4. The molecule has 0 spiro atoms. The van der Waals surface area contributed by atoms with Gasteiger partial charge in [-0.1, -0.05) is 0 Å². The monoisotopic (exact) mass is 236 g/mol. The van der Waals surface area contributed by atoms with Crippen LogP contribution in [0.1, 0.15) is 12.8 Å². The molecule has 3 aliphatic heterocycles. The first kappa shape index (κ1) is 10.5. The van der Waals surface area contributed by atoms with Crippen molar-refractivity contribution in [3.63, 3.8) is 0 Å². The highest BCUT2D eigenvalue weighted by Crippen LogP contribution is 2.25. The van der Waals surface area contributed by atoms with Gasteiger partial charge in [-0.25, -0.2) is 4.99 Å². The fraction of sp³-hybridized carbons (Fsp3) is 0.600. The highest BCUT2D eigenvalue weighted by molar-refractivity contribution is 6.19. The number of carbonyl (C=O) groups is 1. The molecule has 7 heteroatoms. The second-order valence-electron chi connectivity index (χ2n) is 4.12. The zero-order valence-electron chi connectivity index (χ0n) is 9.06. The number of nitrogens with zero attached hydrogens (tertiary/aromatic N) is 4. The number of carbonyl (C=O) groups excluding carboxylic acids is 1. The Morgan fingerprint density at radius 2 is 2.41 bits per heavy atom. The highest BCUT2D eigenvalue weighted by Gasteiger charge is 2.39. The Balaban J connectivity index is 1.78. The lowest BCUT2D eigenvalue weighted by Crippen LogP contribution is -2.43. The van der Waals surface area contributed by atoms with Gasteiger partial charge in [0.25, 0.3) is 5.91 Å². The first-order valence-electron chi connectivity index (χ1n) is 5.51. The molecule has 3 rings (SSSR count). The number of hydrogen-bond acceptors (Lipinski definition) is 6. The molecule has 1 N–H and O–H groups in total. The van der Waals surface area contributed by atoms with Gasteiger partial charge in [0.2, 0.25) is 0 Å². The van der Waals surface area contributed by atoms with Crippen molar-refractivity contribution in [1.29, 1.82) is 0 Å². The molecule has 1 amide bonds. The maximum absolute atomic E-state index is 11.5. The third-order valence-electron chi connectivity index (χ3n) is 3.06. The average Bonchev–Trinajstić information content (AvgIpc) is 2.94. The van der Waals surface area contributed by atoms with E-state index in [1.54, 1.807) is 11.2 Å². The molecule has 0 bridgehead atoms. The lowest BCUT2D eigenvalue weighted by atomic mass is 10.2. The Kier molecular flexibility index (Phi) is 2.49. The van der Waals surface area contributed by atoms with Crippen molar-refractivity contribution in [3.05, 3.63) is 0 Å². The van der Waals surface area contributed by atoms with Gasteiger partial charge >= 0.3 is 0 Å². The van der Waals surface area contributed by atoms with Gasteiger partial charge in [0.15, 0.2) is 6.04 Å². The van der Waals surface area contributed by atoms with E-state index in [1.165, 1.54) is 6.34 Å². The van der Waals surface area contributed by atoms with E-state index in [2.05, 4.69) is 15.0 Å². The zero-order chi connectivity index (χ0) is 11.8. The van der Waals surface area contributed by atoms with Crippen molar-refractivity contribution in [1.82, 2.24) is 4.90 Å². The first-order chi connectivity index (χ1) is 8.29. The first-order valence-corrected chi connectivity index (χ1v) is 5.51. The molecule has 3 atom stereocenters. The van der Waals surface area contributed by atoms with Crippen LogP contribution in [0.3, 0.4) is 0 Å². The fourth-order valence-corrected chi connectivity index (χ4v) is 2.18. The fourth-order valence-electron chi connectivity index (χ4n) is 2.18. The van der Waals surface area contributed by atoms with Gasteiger partial charge in [-0.05, 0) is 12.8 Å². The predicted molar refractivity (Wildman–Crippen MR) is 60.0 cm³/mol. The Labute approximate surface area is 97.5 Å². The molecule has 1 saturated heterocycles. The van der Waals surface area contributed by atoms with E-state index in [-0.39, 0.29) is 24.8 Å². The quantitative estimate of drug-likeness (QED) is 0.677. The second kappa shape index (κ2) is 4.01. The summed E-state index contributed by atoms with van der Waals surface area (Å²) in [4.78, 5) is 25.0. The summed E-state index contributed by atoms with van der Waals surface area (Å²) in [6, 6.07) is -0.614. The molecule has 90 valence electrons. The Morgan fingerprint density at radius 1 is 1.53 bits per heavy atom. The minimum Gasteiger partial charge on any atom is -0.394 e. The molecular formula is C10H12N4O3. The van der Waals surface area contributed by atoms with E-state index in [9.17, 15) is 4.79 Å². The van der Waals surface area contributed by atoms with Crippen LogP contribution in [0.5, 0.6) is 0 Å². The van der Waals surface area contributed by atoms with E-state index in [1.807, 2.05) is 0 Å². The van der Waals surface area contributed by atoms with Crippen LogP contribution >= 0.6 is 0 Å². The minimum atomic E-state index is -0.614. The third-order valence-corrected chi connectivity index (χ3v) is 3.06. The summed E-state index contributed by atoms with van der Waals surface area (Å²) in [6.07, 6.45) is 4.06. The number of aliphatic hydroxyl groups excluding tert-OH is 1. The molecule has 0 radical (unpaired) electrons. The standard InChI is InChI=1S/C10H12N4O3/c15-3-6-1-2-7(17-6)14-5-13-8-9(14)11-4-12-10(8)16/h4-8,15H,1-3H2. The smallest absolute Gasteiger partial charge is 0.279 e. The van der Waals surface area contributed by atoms with E-state index in [0.29, 0.717) is 5.84 Å². The lowest BCUT2D eigenvalue weighted by Gasteiger charge is -2.24. The lowest BCUT2D eigenvalue weighted by molar-refractivity contribution is -0.117. The number of amides is 1. The second-order valence-corrected chi connectivity index (χ2v) is 4.12. The van der Waals surface area contributed by atoms with Crippen molar-refractivity contribution < 1.29 is 14.6 Å². The molecule has 17 heavy (non-hydrogen) atoms. The molecule has 7 nitrogen and oxygen atoms in total. The maximum atomic E-state index is 11.5. The van der Waals surface area contributed by atoms with E-state index >= 15 is 0 Å². The van der Waals surface area contributed by atoms with E-state index in [0.717, 1.165) is 12.8 Å². The summed E-state index contributed by atoms with van der Waals surface area (Å²) in [5.41, 5.74) is 0. The number of amidine groups is 1. The molecule has 3 aliphatic rings. The van der Waals surface area contributed by atoms with Crippen LogP contribution in [0, 0.1) is 0 Å². The number of aliphatic hydroxyl groups is 1. The zero-order valence-corrected chi connectivity index (χ0v) is 9.06. The van der Waals surface area contributed by atoms with Crippen molar-refractivity contribution in [2.24, 2.45) is 15.0 Å². The van der Waals surface area contributed by atoms with Crippen LogP contribution in [0.25, 0.3) is 0 Å². The average molecular weight is 236 g/mol. The predicted octanol–water partition coefficient (Wildman–Crippen LogP) is -0.837. The molecule has 0 saturated carbocycles. The molecular weight excluding hydrogens is 224 g/mol. The maximum Gasteiger partial charge on any atom is 0.279 e. The Bertz CT molecular complexity index is 431. The van der Waals surface area contributed by atoms with Crippen LogP contribution in [0.15, 0.2) is 15.0 Å². The van der Waals surface area contributed by atoms with Gasteiger partial charge < -0.3 is 9.84 Å². The molecule has 0 aromatic rings. The molecule has 3 heterocycles. The largest absolute Gasteiger partial charge is 0.394 e. The number of aliphatic imine (C=N–C) groups is 3. The number of rotatable bonds is 2. The summed E-state index contributed by atoms with van der Waals surface area (Å²) in [7, 11) is 0. The van der Waals surface area contributed by atoms with Gasteiger partial charge in [-0.2, -0.15) is 4.99 Å². The summed E-state index contributed by atoms with van der Waals surface area (Å²) in [6.45, 7) is 0.0117. The summed E-state index contributed by atoms with van der Waals surface area (Å²) in [5, 5.41) is 9.02. The SMILES string of the molecule is O=C1N=CN=C2C1N=CN2C1CCC(CO)O1. The molecule has 1 fully saturated rings. The summed E-state index contributed by atoms with van der Waals surface area (Å²) < 4.78 is 5.63. The Hall–Kier alpha value is -1.60. The topological polar surface area (TPSA) is 86.9 Å². The van der Waals surface area contributed by atoms with Gasteiger partial charge in [0.1, 0.15) is 18.4 Å². The molecule has 0 aliphatic carbocycles. The van der Waals surface area contributed by atoms with Crippen LogP contribution in [0.4, 0.5) is 0 Å². The molecule has 3 unspecified atom stereocenters. The summed E-state index contributed by atoms with van der Waals surface area (Å²) >= 11 is 0. The van der Waals surface area contributed by atoms with Crippen molar-refractivity contribution in [3.8, 4) is 0 Å². The van der Waals surface area contributed by atoms with Gasteiger partial charge in [0.05, 0.1) is 19.0 Å². The van der Waals surface area contributed by atoms with Crippen molar-refractivity contribution in [2.45, 2.75) is 31.2 Å². The minimum absolute atomic E-state index is 0.0117. The van der Waals surface area contributed by atoms with Crippen molar-refractivity contribution in [2.75, 3.05) is 6.61 Å². The van der Waals surface area contributed by atoms with Crippen LogP contribution in [0.2, 0.25) is 0 Å². The number of fused-ring (bicyclic) bond motifs is 1. The van der Waals surface area contributed by atoms with E-state index < -0.39 is 6.04 Å². The Morgan fingerprint density at radius 3 is 3.18 bits per heavy atom.